The predicted molar refractivity (Wildman–Crippen MR) is 50.8 cm³/mol. The molecular weight excluding hydrogens is 190 g/mol. The van der Waals surface area contributed by atoms with Crippen LogP contribution < -0.4 is 4.72 Å². The number of sulfonamides is 1. The molecule has 0 unspecified atom stereocenters. The van der Waals surface area contributed by atoms with Gasteiger partial charge >= 0.3 is 0 Å². The predicted octanol–water partition coefficient (Wildman–Crippen LogP) is 0.0867. The molecule has 0 radical (unpaired) electrons. The van der Waals surface area contributed by atoms with Gasteiger partial charge in [-0.15, -0.1) is 0 Å². The summed E-state index contributed by atoms with van der Waals surface area (Å²) < 4.78 is 24.4. The first-order chi connectivity index (χ1) is 6.01. The Hall–Kier alpha value is -0.130. The molecule has 1 fully saturated rings. The largest absolute Gasteiger partial charge is 0.396 e. The van der Waals surface area contributed by atoms with E-state index in [1.165, 1.54) is 6.26 Å². The highest BCUT2D eigenvalue weighted by molar-refractivity contribution is 7.88. The summed E-state index contributed by atoms with van der Waals surface area (Å²) in [5.74, 6) is 0.373. The normalized spacial score (nSPS) is 30.3. The van der Waals surface area contributed by atoms with Crippen molar-refractivity contribution in [3.8, 4) is 0 Å². The van der Waals surface area contributed by atoms with E-state index in [9.17, 15) is 8.42 Å². The minimum atomic E-state index is -3.06. The average molecular weight is 207 g/mol. The fraction of sp³-hybridized carbons (Fsp3) is 1.00. The smallest absolute Gasteiger partial charge is 0.208 e. The molecule has 1 rings (SSSR count). The molecule has 0 aliphatic heterocycles. The molecule has 0 spiro atoms. The van der Waals surface area contributed by atoms with E-state index in [0.717, 1.165) is 25.7 Å². The fourth-order valence-electron chi connectivity index (χ4n) is 1.77. The number of hydrogen-bond acceptors (Lipinski definition) is 3. The van der Waals surface area contributed by atoms with Crippen molar-refractivity contribution in [2.45, 2.75) is 31.7 Å². The van der Waals surface area contributed by atoms with Gasteiger partial charge in [-0.3, -0.25) is 0 Å². The van der Waals surface area contributed by atoms with E-state index >= 15 is 0 Å². The third kappa shape index (κ3) is 4.06. The molecule has 0 saturated heterocycles. The molecule has 13 heavy (non-hydrogen) atoms. The molecule has 5 heteroatoms. The Morgan fingerprint density at radius 2 is 1.85 bits per heavy atom. The molecule has 2 N–H and O–H groups in total. The van der Waals surface area contributed by atoms with Gasteiger partial charge in [-0.25, -0.2) is 13.1 Å². The Labute approximate surface area is 79.4 Å². The van der Waals surface area contributed by atoms with Crippen LogP contribution in [0, 0.1) is 5.92 Å². The molecular formula is C8H17NO3S. The highest BCUT2D eigenvalue weighted by Gasteiger charge is 2.22. The van der Waals surface area contributed by atoms with Gasteiger partial charge in [-0.1, -0.05) is 0 Å². The van der Waals surface area contributed by atoms with Crippen molar-refractivity contribution in [3.05, 3.63) is 0 Å². The second kappa shape index (κ2) is 4.39. The summed E-state index contributed by atoms with van der Waals surface area (Å²) in [6, 6.07) is 0.0813. The molecule has 1 saturated carbocycles. The lowest BCUT2D eigenvalue weighted by atomic mass is 9.87. The van der Waals surface area contributed by atoms with Gasteiger partial charge in [-0.05, 0) is 31.6 Å². The van der Waals surface area contributed by atoms with Crippen LogP contribution in [0.1, 0.15) is 25.7 Å². The molecule has 1 aliphatic carbocycles. The first-order valence-electron chi connectivity index (χ1n) is 4.59. The topological polar surface area (TPSA) is 66.4 Å². The van der Waals surface area contributed by atoms with Crippen molar-refractivity contribution in [3.63, 3.8) is 0 Å². The highest BCUT2D eigenvalue weighted by atomic mass is 32.2. The number of hydrogen-bond donors (Lipinski definition) is 2. The standard InChI is InChI=1S/C8H17NO3S/c1-13(11,12)9-8-4-2-7(6-10)3-5-8/h7-10H,2-6H2,1H3/t7-,8+. The van der Waals surface area contributed by atoms with Gasteiger partial charge in [0.1, 0.15) is 0 Å². The zero-order valence-electron chi connectivity index (χ0n) is 7.86. The minimum Gasteiger partial charge on any atom is -0.396 e. The van der Waals surface area contributed by atoms with Crippen molar-refractivity contribution in [1.29, 1.82) is 0 Å². The number of nitrogens with one attached hydrogen (secondary N) is 1. The quantitative estimate of drug-likeness (QED) is 0.689. The van der Waals surface area contributed by atoms with Crippen molar-refractivity contribution >= 4 is 10.0 Å². The maximum Gasteiger partial charge on any atom is 0.208 e. The van der Waals surface area contributed by atoms with Gasteiger partial charge in [0.05, 0.1) is 6.26 Å². The zero-order valence-corrected chi connectivity index (χ0v) is 8.68. The van der Waals surface area contributed by atoms with Crippen molar-refractivity contribution in [2.75, 3.05) is 12.9 Å². The van der Waals surface area contributed by atoms with Crippen LogP contribution in [0.2, 0.25) is 0 Å². The average Bonchev–Trinajstić information content (AvgIpc) is 2.03. The fourth-order valence-corrected chi connectivity index (χ4v) is 2.61. The van der Waals surface area contributed by atoms with Crippen LogP contribution >= 0.6 is 0 Å². The zero-order chi connectivity index (χ0) is 9.90. The maximum atomic E-state index is 10.9. The van der Waals surface area contributed by atoms with Gasteiger partial charge in [0.25, 0.3) is 0 Å². The monoisotopic (exact) mass is 207 g/mol. The van der Waals surface area contributed by atoms with E-state index in [-0.39, 0.29) is 12.6 Å². The second-order valence-corrected chi connectivity index (χ2v) is 5.57. The first-order valence-corrected chi connectivity index (χ1v) is 6.48. The summed E-state index contributed by atoms with van der Waals surface area (Å²) in [6.07, 6.45) is 4.72. The van der Waals surface area contributed by atoms with Gasteiger partial charge < -0.3 is 5.11 Å². The number of rotatable bonds is 3. The lowest BCUT2D eigenvalue weighted by Crippen LogP contribution is -2.37. The molecule has 78 valence electrons. The highest BCUT2D eigenvalue weighted by Crippen LogP contribution is 2.23. The molecule has 0 atom stereocenters. The Balaban J connectivity index is 2.33. The SMILES string of the molecule is CS(=O)(=O)N[C@H]1CC[C@@H](CO)CC1. The number of aliphatic hydroxyl groups excluding tert-OH is 1. The Morgan fingerprint density at radius 3 is 2.23 bits per heavy atom. The van der Waals surface area contributed by atoms with E-state index in [0.29, 0.717) is 5.92 Å². The lowest BCUT2D eigenvalue weighted by Gasteiger charge is -2.27. The van der Waals surface area contributed by atoms with E-state index in [2.05, 4.69) is 4.72 Å². The van der Waals surface area contributed by atoms with Crippen LogP contribution in [-0.4, -0.2) is 32.4 Å². The summed E-state index contributed by atoms with van der Waals surface area (Å²) in [5.41, 5.74) is 0. The van der Waals surface area contributed by atoms with E-state index in [4.69, 9.17) is 5.11 Å². The minimum absolute atomic E-state index is 0.0813. The molecule has 0 aromatic heterocycles. The van der Waals surface area contributed by atoms with Gasteiger partial charge in [-0.2, -0.15) is 0 Å². The first kappa shape index (κ1) is 10.9. The van der Waals surface area contributed by atoms with Gasteiger partial charge in [0.15, 0.2) is 0 Å². The van der Waals surface area contributed by atoms with Crippen molar-refractivity contribution in [2.24, 2.45) is 5.92 Å². The van der Waals surface area contributed by atoms with Crippen LogP contribution in [0.5, 0.6) is 0 Å². The maximum absolute atomic E-state index is 10.9. The summed E-state index contributed by atoms with van der Waals surface area (Å²) in [6.45, 7) is 0.228. The summed E-state index contributed by atoms with van der Waals surface area (Å²) in [4.78, 5) is 0. The van der Waals surface area contributed by atoms with E-state index in [1.54, 1.807) is 0 Å². The summed E-state index contributed by atoms with van der Waals surface area (Å²) >= 11 is 0. The number of aliphatic hydroxyl groups is 1. The third-order valence-corrected chi connectivity index (χ3v) is 3.25. The summed E-state index contributed by atoms with van der Waals surface area (Å²) in [7, 11) is -3.06. The molecule has 0 aromatic rings. The van der Waals surface area contributed by atoms with Crippen LogP contribution in [0.25, 0.3) is 0 Å². The van der Waals surface area contributed by atoms with Crippen LogP contribution in [0.3, 0.4) is 0 Å². The lowest BCUT2D eigenvalue weighted by molar-refractivity contribution is 0.180. The van der Waals surface area contributed by atoms with Gasteiger partial charge in [0.2, 0.25) is 10.0 Å². The van der Waals surface area contributed by atoms with Crippen LogP contribution in [-0.2, 0) is 10.0 Å². The van der Waals surface area contributed by atoms with Crippen LogP contribution in [0.4, 0.5) is 0 Å². The van der Waals surface area contributed by atoms with Crippen LogP contribution in [0.15, 0.2) is 0 Å². The van der Waals surface area contributed by atoms with Gasteiger partial charge in [0, 0.05) is 12.6 Å². The second-order valence-electron chi connectivity index (χ2n) is 3.79. The van der Waals surface area contributed by atoms with E-state index < -0.39 is 10.0 Å². The van der Waals surface area contributed by atoms with Crippen molar-refractivity contribution in [1.82, 2.24) is 4.72 Å². The Bertz CT molecular complexity index is 242. The Kier molecular flexibility index (Phi) is 3.70. The molecule has 1 aliphatic rings. The Morgan fingerprint density at radius 1 is 1.31 bits per heavy atom. The molecule has 0 bridgehead atoms. The molecule has 0 heterocycles. The van der Waals surface area contributed by atoms with E-state index in [1.807, 2.05) is 0 Å². The van der Waals surface area contributed by atoms with Crippen molar-refractivity contribution < 1.29 is 13.5 Å². The molecule has 4 nitrogen and oxygen atoms in total. The summed E-state index contributed by atoms with van der Waals surface area (Å²) in [5, 5.41) is 8.87. The third-order valence-electron chi connectivity index (χ3n) is 2.49. The molecule has 0 aromatic carbocycles. The molecule has 0 amide bonds.